The van der Waals surface area contributed by atoms with E-state index in [1.807, 2.05) is 6.92 Å². The molecule has 8 nitrogen and oxygen atoms in total. The van der Waals surface area contributed by atoms with Gasteiger partial charge in [0.2, 0.25) is 0 Å². The van der Waals surface area contributed by atoms with Gasteiger partial charge < -0.3 is 9.30 Å². The van der Waals surface area contributed by atoms with Gasteiger partial charge in [-0.1, -0.05) is 0 Å². The number of carbonyl (C=O) groups excluding carboxylic acids is 1. The van der Waals surface area contributed by atoms with Crippen molar-refractivity contribution in [2.24, 2.45) is 7.05 Å². The molecule has 2 aromatic heterocycles. The smallest absolute Gasteiger partial charge is 0.330 e. The van der Waals surface area contributed by atoms with Gasteiger partial charge in [0.1, 0.15) is 0 Å². The van der Waals surface area contributed by atoms with Gasteiger partial charge in [-0.15, -0.1) is 0 Å². The largest absolute Gasteiger partial charge is 0.463 e. The minimum Gasteiger partial charge on any atom is -0.463 e. The molecule has 0 aliphatic rings. The van der Waals surface area contributed by atoms with Crippen LogP contribution >= 0.6 is 0 Å². The van der Waals surface area contributed by atoms with E-state index in [9.17, 15) is 14.4 Å². The van der Waals surface area contributed by atoms with Crippen LogP contribution in [-0.2, 0) is 23.1 Å². The highest BCUT2D eigenvalue weighted by Crippen LogP contribution is 2.06. The summed E-state index contributed by atoms with van der Waals surface area (Å²) in [6, 6.07) is 0. The van der Waals surface area contributed by atoms with Crippen LogP contribution < -0.4 is 11.2 Å². The highest BCUT2D eigenvalue weighted by molar-refractivity contribution is 5.68. The molecule has 0 bridgehead atoms. The molecule has 0 aromatic carbocycles. The first-order valence-electron chi connectivity index (χ1n) is 7.21. The van der Waals surface area contributed by atoms with Crippen LogP contribution in [0.2, 0.25) is 0 Å². The zero-order chi connectivity index (χ0) is 16.3. The third-order valence-electron chi connectivity index (χ3n) is 3.46. The Morgan fingerprint density at radius 2 is 2.14 bits per heavy atom. The van der Waals surface area contributed by atoms with E-state index in [2.05, 4.69) is 9.97 Å². The van der Waals surface area contributed by atoms with Crippen LogP contribution in [0.25, 0.3) is 11.2 Å². The molecular formula is C14H20N4O4. The normalized spacial score (nSPS) is 12.5. The number of imidazole rings is 1. The predicted molar refractivity (Wildman–Crippen MR) is 80.7 cm³/mol. The molecule has 0 saturated heterocycles. The van der Waals surface area contributed by atoms with Crippen LogP contribution in [0.15, 0.2) is 15.9 Å². The number of esters is 1. The van der Waals surface area contributed by atoms with E-state index >= 15 is 0 Å². The molecule has 0 aliphatic heterocycles. The van der Waals surface area contributed by atoms with Crippen molar-refractivity contribution in [3.63, 3.8) is 0 Å². The number of fused-ring (bicyclic) bond motifs is 1. The monoisotopic (exact) mass is 308 g/mol. The minimum atomic E-state index is -0.454. The number of H-pyrrole nitrogens is 1. The lowest BCUT2D eigenvalue weighted by Crippen LogP contribution is -2.35. The van der Waals surface area contributed by atoms with Crippen molar-refractivity contribution in [3.8, 4) is 0 Å². The molecule has 2 heterocycles. The number of aromatic nitrogens is 4. The quantitative estimate of drug-likeness (QED) is 0.620. The SMILES string of the molecule is CC(=O)OC(C)CCCCn1c(=O)[nH]c2ncn(C)c2c1=O. The summed E-state index contributed by atoms with van der Waals surface area (Å²) in [4.78, 5) is 41.6. The molecule has 2 rings (SSSR count). The predicted octanol–water partition coefficient (Wildman–Crippen LogP) is 0.545. The maximum Gasteiger partial charge on any atom is 0.330 e. The van der Waals surface area contributed by atoms with Crippen LogP contribution in [0, 0.1) is 0 Å². The minimum absolute atomic E-state index is 0.160. The molecule has 8 heteroatoms. The van der Waals surface area contributed by atoms with Gasteiger partial charge in [-0.3, -0.25) is 19.1 Å². The number of carbonyl (C=O) groups is 1. The average Bonchev–Trinajstić information content (AvgIpc) is 2.78. The lowest BCUT2D eigenvalue weighted by Gasteiger charge is -2.11. The fraction of sp³-hybridized carbons (Fsp3) is 0.571. The van der Waals surface area contributed by atoms with E-state index in [1.54, 1.807) is 11.6 Å². The van der Waals surface area contributed by atoms with Crippen molar-refractivity contribution >= 4 is 17.1 Å². The maximum atomic E-state index is 12.3. The Morgan fingerprint density at radius 3 is 2.82 bits per heavy atom. The second-order valence-electron chi connectivity index (χ2n) is 5.36. The number of aromatic amines is 1. The molecule has 1 N–H and O–H groups in total. The van der Waals surface area contributed by atoms with Crippen molar-refractivity contribution in [2.75, 3.05) is 0 Å². The van der Waals surface area contributed by atoms with Crippen molar-refractivity contribution in [2.45, 2.75) is 45.8 Å². The Morgan fingerprint density at radius 1 is 1.41 bits per heavy atom. The maximum absolute atomic E-state index is 12.3. The van der Waals surface area contributed by atoms with Crippen LogP contribution in [0.3, 0.4) is 0 Å². The van der Waals surface area contributed by atoms with E-state index in [-0.39, 0.29) is 17.6 Å². The number of hydrogen-bond acceptors (Lipinski definition) is 5. The summed E-state index contributed by atoms with van der Waals surface area (Å²) in [5.41, 5.74) is -0.110. The Kier molecular flexibility index (Phi) is 4.79. The van der Waals surface area contributed by atoms with Gasteiger partial charge >= 0.3 is 11.7 Å². The number of nitrogens with one attached hydrogen (secondary N) is 1. The Bertz CT molecular complexity index is 786. The summed E-state index contributed by atoms with van der Waals surface area (Å²) in [7, 11) is 1.71. The number of ether oxygens (including phenoxy) is 1. The number of hydrogen-bond donors (Lipinski definition) is 1. The van der Waals surface area contributed by atoms with Crippen molar-refractivity contribution in [1.82, 2.24) is 19.1 Å². The lowest BCUT2D eigenvalue weighted by atomic mass is 10.2. The van der Waals surface area contributed by atoms with Gasteiger partial charge in [0, 0.05) is 20.5 Å². The van der Waals surface area contributed by atoms with Crippen LogP contribution in [0.4, 0.5) is 0 Å². The zero-order valence-electron chi connectivity index (χ0n) is 13.0. The number of nitrogens with zero attached hydrogens (tertiary/aromatic N) is 3. The molecule has 22 heavy (non-hydrogen) atoms. The molecule has 2 aromatic rings. The highest BCUT2D eigenvalue weighted by atomic mass is 16.5. The molecule has 120 valence electrons. The number of aryl methyl sites for hydroxylation is 1. The summed E-state index contributed by atoms with van der Waals surface area (Å²) in [5, 5.41) is 0. The van der Waals surface area contributed by atoms with Crippen LogP contribution in [0.1, 0.15) is 33.1 Å². The first-order chi connectivity index (χ1) is 10.4. The summed E-state index contributed by atoms with van der Waals surface area (Å²) in [6.45, 7) is 3.52. The second kappa shape index (κ2) is 6.59. The van der Waals surface area contributed by atoms with Gasteiger partial charge in [0.05, 0.1) is 12.4 Å². The van der Waals surface area contributed by atoms with Crippen LogP contribution in [0.5, 0.6) is 0 Å². The zero-order valence-corrected chi connectivity index (χ0v) is 13.0. The molecule has 0 spiro atoms. The summed E-state index contributed by atoms with van der Waals surface area (Å²) in [6.07, 6.45) is 3.43. The Labute approximate surface area is 126 Å². The van der Waals surface area contributed by atoms with Crippen molar-refractivity contribution in [1.29, 1.82) is 0 Å². The molecule has 0 fully saturated rings. The third kappa shape index (κ3) is 3.44. The van der Waals surface area contributed by atoms with E-state index in [4.69, 9.17) is 4.74 Å². The second-order valence-corrected chi connectivity index (χ2v) is 5.36. The first-order valence-corrected chi connectivity index (χ1v) is 7.21. The number of rotatable bonds is 6. The fourth-order valence-corrected chi connectivity index (χ4v) is 2.41. The molecule has 0 aliphatic carbocycles. The lowest BCUT2D eigenvalue weighted by molar-refractivity contribution is -0.145. The Balaban J connectivity index is 2.03. The Hall–Kier alpha value is -2.38. The summed E-state index contributed by atoms with van der Waals surface area (Å²) < 4.78 is 7.80. The van der Waals surface area contributed by atoms with Gasteiger partial charge in [0.25, 0.3) is 5.56 Å². The summed E-state index contributed by atoms with van der Waals surface area (Å²) in [5.74, 6) is -0.304. The third-order valence-corrected chi connectivity index (χ3v) is 3.46. The average molecular weight is 308 g/mol. The molecule has 1 atom stereocenters. The molecule has 0 amide bonds. The van der Waals surface area contributed by atoms with Crippen LogP contribution in [-0.4, -0.2) is 31.2 Å². The van der Waals surface area contributed by atoms with E-state index in [1.165, 1.54) is 17.8 Å². The summed E-state index contributed by atoms with van der Waals surface area (Å²) >= 11 is 0. The fourth-order valence-electron chi connectivity index (χ4n) is 2.41. The van der Waals surface area contributed by atoms with E-state index < -0.39 is 5.69 Å². The van der Waals surface area contributed by atoms with Gasteiger partial charge in [-0.05, 0) is 26.2 Å². The van der Waals surface area contributed by atoms with Gasteiger partial charge in [-0.2, -0.15) is 0 Å². The molecular weight excluding hydrogens is 288 g/mol. The standard InChI is InChI=1S/C14H20N4O4/c1-9(22-10(2)19)6-4-5-7-18-13(20)11-12(16-14(18)21)15-8-17(11)3/h8-9H,4-7H2,1-3H3,(H,16,21). The van der Waals surface area contributed by atoms with Gasteiger partial charge in [-0.25, -0.2) is 9.78 Å². The van der Waals surface area contributed by atoms with Gasteiger partial charge in [0.15, 0.2) is 11.2 Å². The van der Waals surface area contributed by atoms with Crippen molar-refractivity contribution in [3.05, 3.63) is 27.2 Å². The first kappa shape index (κ1) is 16.0. The topological polar surface area (TPSA) is 99.0 Å². The van der Waals surface area contributed by atoms with Crippen molar-refractivity contribution < 1.29 is 9.53 Å². The molecule has 0 radical (unpaired) electrons. The molecule has 0 saturated carbocycles. The van der Waals surface area contributed by atoms with E-state index in [0.29, 0.717) is 30.6 Å². The molecule has 1 unspecified atom stereocenters. The highest BCUT2D eigenvalue weighted by Gasteiger charge is 2.11. The van der Waals surface area contributed by atoms with E-state index in [0.717, 1.165) is 6.42 Å². The number of unbranched alkanes of at least 4 members (excludes halogenated alkanes) is 1.